The molecule has 4 nitrogen and oxygen atoms in total. The Morgan fingerprint density at radius 2 is 1.80 bits per heavy atom. The smallest absolute Gasteiger partial charge is 0.323 e. The summed E-state index contributed by atoms with van der Waals surface area (Å²) in [6.07, 6.45) is 1.66. The molecule has 2 aromatic rings. The minimum absolute atomic E-state index is 0.339. The first-order valence-corrected chi connectivity index (χ1v) is 4.65. The second-order valence-corrected chi connectivity index (χ2v) is 3.20. The van der Waals surface area contributed by atoms with E-state index in [1.54, 1.807) is 12.3 Å². The number of hydrogen-bond acceptors (Lipinski definition) is 4. The predicted octanol–water partition coefficient (Wildman–Crippen LogP) is 2.28. The molecule has 0 saturated heterocycles. The number of hydrogen-bond donors (Lipinski definition) is 0. The van der Waals surface area contributed by atoms with Crippen molar-refractivity contribution < 1.29 is 4.74 Å². The molecule has 2 heterocycles. The lowest BCUT2D eigenvalue weighted by Crippen LogP contribution is -1.96. The van der Waals surface area contributed by atoms with E-state index >= 15 is 0 Å². The Kier molecular flexibility index (Phi) is 2.58. The maximum atomic E-state index is 5.41. The van der Waals surface area contributed by atoms with Crippen LogP contribution in [-0.2, 0) is 0 Å². The lowest BCUT2D eigenvalue weighted by Gasteiger charge is -2.03. The van der Waals surface area contributed by atoms with Crippen LogP contribution in [0, 0.1) is 13.8 Å². The van der Waals surface area contributed by atoms with Crippen LogP contribution >= 0.6 is 0 Å². The third-order valence-electron chi connectivity index (χ3n) is 1.80. The molecule has 4 heteroatoms. The molecule has 2 aromatic heterocycles. The zero-order chi connectivity index (χ0) is 10.7. The van der Waals surface area contributed by atoms with Gasteiger partial charge in [0.25, 0.3) is 0 Å². The molecular weight excluding hydrogens is 190 g/mol. The summed E-state index contributed by atoms with van der Waals surface area (Å²) in [7, 11) is 0. The molecule has 76 valence electrons. The summed E-state index contributed by atoms with van der Waals surface area (Å²) < 4.78 is 5.41. The lowest BCUT2D eigenvalue weighted by molar-refractivity contribution is 0.422. The van der Waals surface area contributed by atoms with Crippen molar-refractivity contribution in [2.75, 3.05) is 0 Å². The van der Waals surface area contributed by atoms with Gasteiger partial charge in [0.15, 0.2) is 0 Å². The zero-order valence-corrected chi connectivity index (χ0v) is 8.64. The SMILES string of the molecule is Cc1cc(C)nc(Oc2ccccn2)n1. The van der Waals surface area contributed by atoms with Crippen LogP contribution in [0.3, 0.4) is 0 Å². The van der Waals surface area contributed by atoms with Gasteiger partial charge in [0.2, 0.25) is 5.88 Å². The Hall–Kier alpha value is -1.97. The molecule has 0 saturated carbocycles. The van der Waals surface area contributed by atoms with Crippen LogP contribution in [0.1, 0.15) is 11.4 Å². The number of aromatic nitrogens is 3. The quantitative estimate of drug-likeness (QED) is 0.747. The van der Waals surface area contributed by atoms with Gasteiger partial charge in [0.05, 0.1) is 0 Å². The third kappa shape index (κ3) is 2.49. The van der Waals surface area contributed by atoms with E-state index in [9.17, 15) is 0 Å². The predicted molar refractivity (Wildman–Crippen MR) is 55.8 cm³/mol. The minimum atomic E-state index is 0.339. The van der Waals surface area contributed by atoms with Crippen LogP contribution < -0.4 is 4.74 Å². The molecule has 0 fully saturated rings. The van der Waals surface area contributed by atoms with E-state index < -0.39 is 0 Å². The van der Waals surface area contributed by atoms with Crippen molar-refractivity contribution in [2.24, 2.45) is 0 Å². The Balaban J connectivity index is 2.25. The maximum Gasteiger partial charge on any atom is 0.323 e. The van der Waals surface area contributed by atoms with Gasteiger partial charge in [-0.25, -0.2) is 15.0 Å². The molecule has 0 atom stereocenters. The fraction of sp³-hybridized carbons (Fsp3) is 0.182. The van der Waals surface area contributed by atoms with Crippen LogP contribution in [0.5, 0.6) is 11.9 Å². The standard InChI is InChI=1S/C11H11N3O/c1-8-7-9(2)14-11(13-8)15-10-5-3-4-6-12-10/h3-7H,1-2H3. The van der Waals surface area contributed by atoms with Crippen LogP contribution in [0.15, 0.2) is 30.5 Å². The average molecular weight is 201 g/mol. The van der Waals surface area contributed by atoms with Crippen molar-refractivity contribution in [1.29, 1.82) is 0 Å². The molecule has 0 radical (unpaired) electrons. The van der Waals surface area contributed by atoms with Gasteiger partial charge < -0.3 is 4.74 Å². The molecule has 0 spiro atoms. The summed E-state index contributed by atoms with van der Waals surface area (Å²) in [5.74, 6) is 0.502. The summed E-state index contributed by atoms with van der Waals surface area (Å²) in [4.78, 5) is 12.3. The summed E-state index contributed by atoms with van der Waals surface area (Å²) in [6, 6.07) is 7.68. The first kappa shape index (κ1) is 9.58. The highest BCUT2D eigenvalue weighted by atomic mass is 16.5. The summed E-state index contributed by atoms with van der Waals surface area (Å²) in [6.45, 7) is 3.81. The van der Waals surface area contributed by atoms with Crippen molar-refractivity contribution in [2.45, 2.75) is 13.8 Å². The van der Waals surface area contributed by atoms with E-state index in [0.717, 1.165) is 11.4 Å². The highest BCUT2D eigenvalue weighted by Crippen LogP contribution is 2.14. The van der Waals surface area contributed by atoms with Crippen molar-refractivity contribution in [3.8, 4) is 11.9 Å². The topological polar surface area (TPSA) is 47.9 Å². The van der Waals surface area contributed by atoms with Crippen molar-refractivity contribution >= 4 is 0 Å². The Morgan fingerprint density at radius 3 is 2.40 bits per heavy atom. The largest absolute Gasteiger partial charge is 0.405 e. The minimum Gasteiger partial charge on any atom is -0.405 e. The summed E-state index contributed by atoms with van der Waals surface area (Å²) in [5.41, 5.74) is 1.77. The zero-order valence-electron chi connectivity index (χ0n) is 8.64. The van der Waals surface area contributed by atoms with Gasteiger partial charge in [-0.2, -0.15) is 0 Å². The number of nitrogens with zero attached hydrogens (tertiary/aromatic N) is 3. The van der Waals surface area contributed by atoms with Gasteiger partial charge in [0, 0.05) is 23.7 Å². The van der Waals surface area contributed by atoms with Gasteiger partial charge in [-0.15, -0.1) is 0 Å². The molecule has 15 heavy (non-hydrogen) atoms. The number of pyridine rings is 1. The molecule has 0 aliphatic carbocycles. The molecule has 2 rings (SSSR count). The van der Waals surface area contributed by atoms with Gasteiger partial charge in [-0.05, 0) is 26.0 Å². The van der Waals surface area contributed by atoms with Gasteiger partial charge in [-0.1, -0.05) is 6.07 Å². The lowest BCUT2D eigenvalue weighted by atomic mass is 10.4. The number of rotatable bonds is 2. The molecule has 0 aliphatic heterocycles. The summed E-state index contributed by atoms with van der Waals surface area (Å²) in [5, 5.41) is 0. The van der Waals surface area contributed by atoms with Crippen LogP contribution in [0.2, 0.25) is 0 Å². The molecule has 0 N–H and O–H groups in total. The average Bonchev–Trinajstić information content (AvgIpc) is 2.17. The number of ether oxygens (including phenoxy) is 1. The second kappa shape index (κ2) is 4.04. The van der Waals surface area contributed by atoms with E-state index in [-0.39, 0.29) is 0 Å². The van der Waals surface area contributed by atoms with E-state index in [4.69, 9.17) is 4.74 Å². The maximum absolute atomic E-state index is 5.41. The fourth-order valence-electron chi connectivity index (χ4n) is 1.24. The van der Waals surface area contributed by atoms with Gasteiger partial charge in [-0.3, -0.25) is 0 Å². The van der Waals surface area contributed by atoms with Crippen molar-refractivity contribution in [3.63, 3.8) is 0 Å². The van der Waals surface area contributed by atoms with Crippen molar-refractivity contribution in [3.05, 3.63) is 41.9 Å². The van der Waals surface area contributed by atoms with Gasteiger partial charge in [0.1, 0.15) is 0 Å². The molecule has 0 bridgehead atoms. The van der Waals surface area contributed by atoms with E-state index in [2.05, 4.69) is 15.0 Å². The first-order chi connectivity index (χ1) is 7.24. The Bertz CT molecular complexity index is 436. The molecular formula is C11H11N3O. The van der Waals surface area contributed by atoms with E-state index in [0.29, 0.717) is 11.9 Å². The molecule has 0 unspecified atom stereocenters. The fourth-order valence-corrected chi connectivity index (χ4v) is 1.24. The Morgan fingerprint density at radius 1 is 1.07 bits per heavy atom. The highest BCUT2D eigenvalue weighted by Gasteiger charge is 2.02. The first-order valence-electron chi connectivity index (χ1n) is 4.65. The summed E-state index contributed by atoms with van der Waals surface area (Å²) >= 11 is 0. The van der Waals surface area contributed by atoms with Crippen LogP contribution in [0.25, 0.3) is 0 Å². The van der Waals surface area contributed by atoms with Crippen LogP contribution in [0.4, 0.5) is 0 Å². The highest BCUT2D eigenvalue weighted by molar-refractivity contribution is 5.17. The second-order valence-electron chi connectivity index (χ2n) is 3.20. The van der Waals surface area contributed by atoms with Crippen LogP contribution in [-0.4, -0.2) is 15.0 Å². The van der Waals surface area contributed by atoms with Crippen molar-refractivity contribution in [1.82, 2.24) is 15.0 Å². The van der Waals surface area contributed by atoms with E-state index in [1.165, 1.54) is 0 Å². The van der Waals surface area contributed by atoms with Gasteiger partial charge >= 0.3 is 6.01 Å². The Labute approximate surface area is 88.0 Å². The molecule has 0 aromatic carbocycles. The molecule has 0 amide bonds. The molecule has 0 aliphatic rings. The monoisotopic (exact) mass is 201 g/mol. The number of aryl methyl sites for hydroxylation is 2. The van der Waals surface area contributed by atoms with E-state index in [1.807, 2.05) is 32.0 Å². The third-order valence-corrected chi connectivity index (χ3v) is 1.80. The normalized spacial score (nSPS) is 10.0.